The van der Waals surface area contributed by atoms with Crippen molar-refractivity contribution >= 4 is 74.8 Å². The van der Waals surface area contributed by atoms with Crippen molar-refractivity contribution in [2.24, 2.45) is 0 Å². The van der Waals surface area contributed by atoms with E-state index in [2.05, 4.69) is 4.98 Å². The van der Waals surface area contributed by atoms with Crippen LogP contribution in [-0.4, -0.2) is 21.5 Å². The van der Waals surface area contributed by atoms with Crippen molar-refractivity contribution < 1.29 is 9.53 Å². The largest absolute Gasteiger partial charge is 0.444 e. The fraction of sp³-hybridized carbons (Fsp3) is 0.111. The molecular weight excluding hydrogens is 418 g/mol. The molecular formula is C18H12Cl4N2O2. The summed E-state index contributed by atoms with van der Waals surface area (Å²) in [6.45, 7) is -0.379. The van der Waals surface area contributed by atoms with E-state index in [-0.39, 0.29) is 6.61 Å². The highest BCUT2D eigenvalue weighted by Crippen LogP contribution is 2.31. The van der Waals surface area contributed by atoms with Gasteiger partial charge in [-0.15, -0.1) is 0 Å². The van der Waals surface area contributed by atoms with Crippen LogP contribution in [0.15, 0.2) is 60.8 Å². The van der Waals surface area contributed by atoms with Crippen molar-refractivity contribution in [3.63, 3.8) is 0 Å². The smallest absolute Gasteiger partial charge is 0.419 e. The van der Waals surface area contributed by atoms with E-state index in [0.29, 0.717) is 16.4 Å². The van der Waals surface area contributed by atoms with Gasteiger partial charge in [-0.05, 0) is 48.5 Å². The van der Waals surface area contributed by atoms with Gasteiger partial charge in [-0.1, -0.05) is 52.5 Å². The second-order valence-electron chi connectivity index (χ2n) is 5.36. The number of alkyl halides is 3. The number of rotatable bonds is 3. The molecule has 0 aliphatic carbocycles. The fourth-order valence-electron chi connectivity index (χ4n) is 2.36. The van der Waals surface area contributed by atoms with Gasteiger partial charge in [0.05, 0.1) is 16.9 Å². The zero-order chi connectivity index (χ0) is 18.7. The molecule has 26 heavy (non-hydrogen) atoms. The van der Waals surface area contributed by atoms with Gasteiger partial charge in [-0.2, -0.15) is 0 Å². The van der Waals surface area contributed by atoms with Crippen LogP contribution in [-0.2, 0) is 4.74 Å². The summed E-state index contributed by atoms with van der Waals surface area (Å²) in [4.78, 5) is 18.3. The van der Waals surface area contributed by atoms with Crippen LogP contribution in [0.1, 0.15) is 0 Å². The number of nitrogens with zero attached hydrogens (tertiary/aromatic N) is 2. The molecule has 0 unspecified atom stereocenters. The summed E-state index contributed by atoms with van der Waals surface area (Å²) in [5.41, 5.74) is 1.95. The lowest BCUT2D eigenvalue weighted by atomic mass is 10.1. The van der Waals surface area contributed by atoms with Crippen molar-refractivity contribution in [2.45, 2.75) is 3.79 Å². The van der Waals surface area contributed by atoms with E-state index >= 15 is 0 Å². The number of amides is 1. The van der Waals surface area contributed by atoms with E-state index in [1.54, 1.807) is 36.5 Å². The normalized spacial score (nSPS) is 11.4. The van der Waals surface area contributed by atoms with Crippen LogP contribution in [0.4, 0.5) is 16.2 Å². The van der Waals surface area contributed by atoms with Gasteiger partial charge in [-0.3, -0.25) is 4.98 Å². The molecule has 0 atom stereocenters. The maximum absolute atomic E-state index is 12.7. The SMILES string of the molecule is O=C(OCC(Cl)(Cl)Cl)N(c1ccc(Cl)cc1)c1ccc2ncccc2c1. The van der Waals surface area contributed by atoms with Crippen LogP contribution in [0, 0.1) is 0 Å². The fourth-order valence-corrected chi connectivity index (χ4v) is 2.65. The van der Waals surface area contributed by atoms with Gasteiger partial charge in [0.1, 0.15) is 6.61 Å². The number of fused-ring (bicyclic) bond motifs is 1. The standard InChI is InChI=1S/C18H12Cl4N2O2/c19-13-3-5-14(6-4-13)24(17(25)26-11-18(20,21)22)15-7-8-16-12(10-15)2-1-9-23-16/h1-10H,11H2. The lowest BCUT2D eigenvalue weighted by Gasteiger charge is -2.24. The Morgan fingerprint density at radius 1 is 1.04 bits per heavy atom. The Morgan fingerprint density at radius 3 is 2.42 bits per heavy atom. The highest BCUT2D eigenvalue weighted by atomic mass is 35.6. The van der Waals surface area contributed by atoms with Crippen LogP contribution >= 0.6 is 46.4 Å². The molecule has 1 amide bonds. The first kappa shape index (κ1) is 19.1. The number of pyridine rings is 1. The van der Waals surface area contributed by atoms with Gasteiger partial charge in [0, 0.05) is 16.6 Å². The van der Waals surface area contributed by atoms with Crippen LogP contribution in [0.25, 0.3) is 10.9 Å². The lowest BCUT2D eigenvalue weighted by molar-refractivity contribution is 0.158. The molecule has 0 fully saturated rings. The molecule has 2 aromatic carbocycles. The molecule has 0 radical (unpaired) electrons. The first-order chi connectivity index (χ1) is 12.3. The Balaban J connectivity index is 2.00. The van der Waals surface area contributed by atoms with E-state index in [1.165, 1.54) is 4.90 Å². The van der Waals surface area contributed by atoms with Crippen LogP contribution in [0.3, 0.4) is 0 Å². The minimum Gasteiger partial charge on any atom is -0.444 e. The summed E-state index contributed by atoms with van der Waals surface area (Å²) in [5.74, 6) is 0. The summed E-state index contributed by atoms with van der Waals surface area (Å²) in [6, 6.07) is 15.9. The van der Waals surface area contributed by atoms with Crippen molar-refractivity contribution in [1.29, 1.82) is 0 Å². The maximum Gasteiger partial charge on any atom is 0.419 e. The lowest BCUT2D eigenvalue weighted by Crippen LogP contribution is -2.29. The van der Waals surface area contributed by atoms with Crippen LogP contribution < -0.4 is 4.90 Å². The molecule has 0 spiro atoms. The van der Waals surface area contributed by atoms with Crippen LogP contribution in [0.5, 0.6) is 0 Å². The Kier molecular flexibility index (Phi) is 5.78. The van der Waals surface area contributed by atoms with E-state index in [1.807, 2.05) is 24.3 Å². The summed E-state index contributed by atoms with van der Waals surface area (Å²) >= 11 is 23.0. The molecule has 1 heterocycles. The number of anilines is 2. The number of aromatic nitrogens is 1. The van der Waals surface area contributed by atoms with Gasteiger partial charge in [-0.25, -0.2) is 9.69 Å². The molecule has 0 N–H and O–H groups in total. The van der Waals surface area contributed by atoms with E-state index in [0.717, 1.165) is 10.9 Å². The molecule has 8 heteroatoms. The van der Waals surface area contributed by atoms with Crippen LogP contribution in [0.2, 0.25) is 5.02 Å². The summed E-state index contributed by atoms with van der Waals surface area (Å²) in [5, 5.41) is 1.42. The number of hydrogen-bond acceptors (Lipinski definition) is 3. The maximum atomic E-state index is 12.7. The first-order valence-corrected chi connectivity index (χ1v) is 8.99. The van der Waals surface area contributed by atoms with Gasteiger partial charge in [0.25, 0.3) is 0 Å². The Bertz CT molecular complexity index is 926. The number of hydrogen-bond donors (Lipinski definition) is 0. The average Bonchev–Trinajstić information content (AvgIpc) is 2.61. The number of carbonyl (C=O) groups is 1. The summed E-state index contributed by atoms with van der Waals surface area (Å²) in [7, 11) is 0. The molecule has 3 aromatic rings. The first-order valence-electron chi connectivity index (χ1n) is 7.47. The highest BCUT2D eigenvalue weighted by Gasteiger charge is 2.26. The predicted molar refractivity (Wildman–Crippen MR) is 107 cm³/mol. The third-order valence-corrected chi connectivity index (χ3v) is 4.05. The summed E-state index contributed by atoms with van der Waals surface area (Å²) in [6.07, 6.45) is 1.02. The van der Waals surface area contributed by atoms with E-state index in [9.17, 15) is 4.79 Å². The minimum atomic E-state index is -1.70. The zero-order valence-electron chi connectivity index (χ0n) is 13.2. The number of ether oxygens (including phenoxy) is 1. The molecule has 0 bridgehead atoms. The molecule has 0 aliphatic heterocycles. The number of halogens is 4. The number of carbonyl (C=O) groups excluding carboxylic acids is 1. The Morgan fingerprint density at radius 2 is 1.73 bits per heavy atom. The molecule has 0 aliphatic rings. The van der Waals surface area contributed by atoms with E-state index < -0.39 is 9.89 Å². The topological polar surface area (TPSA) is 42.4 Å². The van der Waals surface area contributed by atoms with Gasteiger partial charge in [0.2, 0.25) is 3.79 Å². The molecule has 3 rings (SSSR count). The van der Waals surface area contributed by atoms with Crippen molar-refractivity contribution in [1.82, 2.24) is 4.98 Å². The van der Waals surface area contributed by atoms with Gasteiger partial charge < -0.3 is 4.74 Å². The molecule has 0 saturated heterocycles. The second kappa shape index (κ2) is 7.89. The molecule has 4 nitrogen and oxygen atoms in total. The molecule has 0 saturated carbocycles. The van der Waals surface area contributed by atoms with Gasteiger partial charge in [0.15, 0.2) is 0 Å². The quantitative estimate of drug-likeness (QED) is 0.444. The third-order valence-electron chi connectivity index (χ3n) is 3.47. The number of benzene rings is 2. The van der Waals surface area contributed by atoms with Crippen molar-refractivity contribution in [3.8, 4) is 0 Å². The average molecular weight is 430 g/mol. The zero-order valence-corrected chi connectivity index (χ0v) is 16.2. The van der Waals surface area contributed by atoms with Crippen molar-refractivity contribution in [2.75, 3.05) is 11.5 Å². The Hall–Kier alpha value is -1.72. The van der Waals surface area contributed by atoms with E-state index in [4.69, 9.17) is 51.1 Å². The van der Waals surface area contributed by atoms with Crippen molar-refractivity contribution in [3.05, 3.63) is 65.8 Å². The Labute approximate surface area is 170 Å². The predicted octanol–water partition coefficient (Wildman–Crippen LogP) is 6.53. The molecule has 1 aromatic heterocycles. The molecule has 134 valence electrons. The third kappa shape index (κ3) is 4.71. The summed E-state index contributed by atoms with van der Waals surface area (Å²) < 4.78 is 3.46. The minimum absolute atomic E-state index is 0.379. The monoisotopic (exact) mass is 428 g/mol. The highest BCUT2D eigenvalue weighted by molar-refractivity contribution is 6.67. The second-order valence-corrected chi connectivity index (χ2v) is 8.31. The van der Waals surface area contributed by atoms with Gasteiger partial charge >= 0.3 is 6.09 Å².